The molecule has 6 aromatic rings. The molecule has 7 rings (SSSR count). The standard InChI is InChI=1S/C45H51Cl2N7O5/c1-23-17-30(18-24(2)39(23)47)59-16-12-13-31-32-14-15-35(46)38(37-26(4)48-52(11)27(37)5)41(32)54-25(3)21-53(44(56)42(31)54)36-20-29(51(10)43(55)28(6)49(7)8)19-33-34(45(57)58)22-50(9)40(33)36/h14-15,17-20,22,25,28H,12-13,16,21H2,1-11H3,(H,57,58). The number of aromatic nitrogens is 4. The molecule has 0 bridgehead atoms. The van der Waals surface area contributed by atoms with Crippen molar-refractivity contribution in [1.82, 2.24) is 23.8 Å². The minimum atomic E-state index is -1.10. The zero-order valence-electron chi connectivity index (χ0n) is 35.5. The first-order chi connectivity index (χ1) is 27.8. The number of hydrogen-bond acceptors (Lipinski definition) is 6. The molecular formula is C45H51Cl2N7O5. The van der Waals surface area contributed by atoms with E-state index in [2.05, 4.69) is 11.5 Å². The van der Waals surface area contributed by atoms with E-state index >= 15 is 4.79 Å². The molecule has 2 atom stereocenters. The van der Waals surface area contributed by atoms with Gasteiger partial charge in [0.2, 0.25) is 5.91 Å². The summed E-state index contributed by atoms with van der Waals surface area (Å²) in [4.78, 5) is 46.9. The molecule has 0 aliphatic carbocycles. The third-order valence-electron chi connectivity index (χ3n) is 12.0. The minimum absolute atomic E-state index is 0.0759. The Morgan fingerprint density at radius 3 is 2.27 bits per heavy atom. The van der Waals surface area contributed by atoms with Crippen LogP contribution in [0.1, 0.15) is 75.2 Å². The van der Waals surface area contributed by atoms with Crippen LogP contribution in [-0.4, -0.2) is 87.0 Å². The number of aryl methyl sites for hydroxylation is 6. The molecule has 0 saturated heterocycles. The number of aromatic carboxylic acids is 1. The molecule has 3 aromatic heterocycles. The van der Waals surface area contributed by atoms with Gasteiger partial charge in [0.1, 0.15) is 11.4 Å². The van der Waals surface area contributed by atoms with E-state index < -0.39 is 12.0 Å². The number of rotatable bonds is 11. The molecule has 12 nitrogen and oxygen atoms in total. The van der Waals surface area contributed by atoms with E-state index in [9.17, 15) is 14.7 Å². The number of carboxylic acid groups (broad SMARTS) is 1. The second kappa shape index (κ2) is 15.7. The highest BCUT2D eigenvalue weighted by atomic mass is 35.5. The fourth-order valence-electron chi connectivity index (χ4n) is 8.64. The van der Waals surface area contributed by atoms with Crippen molar-refractivity contribution in [3.63, 3.8) is 0 Å². The smallest absolute Gasteiger partial charge is 0.337 e. The molecule has 2 amide bonds. The number of ether oxygens (including phenoxy) is 1. The van der Waals surface area contributed by atoms with Gasteiger partial charge in [-0.3, -0.25) is 19.2 Å². The van der Waals surface area contributed by atoms with E-state index in [0.717, 1.165) is 55.9 Å². The molecule has 0 saturated carbocycles. The van der Waals surface area contributed by atoms with Crippen molar-refractivity contribution in [2.75, 3.05) is 44.1 Å². The van der Waals surface area contributed by atoms with Crippen LogP contribution in [0.15, 0.2) is 42.6 Å². The van der Waals surface area contributed by atoms with Crippen molar-refractivity contribution < 1.29 is 24.2 Å². The van der Waals surface area contributed by atoms with Crippen LogP contribution >= 0.6 is 23.2 Å². The SMILES string of the molecule is Cc1cc(OCCCc2c3n(c4c(-c5c(C)nn(C)c5C)c(Cl)ccc24)C(C)CN(c2cc(N(C)C(=O)C(C)N(C)C)cc4c(C(=O)O)cn(C)c24)C3=O)cc(C)c1Cl. The van der Waals surface area contributed by atoms with Crippen molar-refractivity contribution in [1.29, 1.82) is 0 Å². The lowest BCUT2D eigenvalue weighted by molar-refractivity contribution is -0.122. The number of carboxylic acids is 1. The van der Waals surface area contributed by atoms with Crippen molar-refractivity contribution in [2.24, 2.45) is 14.1 Å². The van der Waals surface area contributed by atoms with Gasteiger partial charge in [0.15, 0.2) is 0 Å². The molecule has 0 fully saturated rings. The van der Waals surface area contributed by atoms with Crippen molar-refractivity contribution in [3.8, 4) is 16.9 Å². The van der Waals surface area contributed by atoms with Crippen molar-refractivity contribution in [3.05, 3.63) is 92.0 Å². The fraction of sp³-hybridized carbons (Fsp3) is 0.378. The Morgan fingerprint density at radius 2 is 1.66 bits per heavy atom. The molecule has 3 aromatic carbocycles. The van der Waals surface area contributed by atoms with Gasteiger partial charge in [0.05, 0.1) is 45.6 Å². The van der Waals surface area contributed by atoms with E-state index in [4.69, 9.17) is 33.0 Å². The predicted octanol–water partition coefficient (Wildman–Crippen LogP) is 8.92. The minimum Gasteiger partial charge on any atom is -0.494 e. The van der Waals surface area contributed by atoms with E-state index in [0.29, 0.717) is 57.5 Å². The fourth-order valence-corrected chi connectivity index (χ4v) is 9.00. The molecule has 310 valence electrons. The normalized spacial score (nSPS) is 14.8. The first kappa shape index (κ1) is 41.8. The molecule has 59 heavy (non-hydrogen) atoms. The Kier molecular flexibility index (Phi) is 11.1. The van der Waals surface area contributed by atoms with Crippen LogP contribution in [0, 0.1) is 27.7 Å². The highest BCUT2D eigenvalue weighted by Crippen LogP contribution is 2.46. The summed E-state index contributed by atoms with van der Waals surface area (Å²) in [7, 11) is 9.02. The average Bonchev–Trinajstić information content (AvgIpc) is 3.79. The van der Waals surface area contributed by atoms with Crippen molar-refractivity contribution >= 4 is 74.2 Å². The summed E-state index contributed by atoms with van der Waals surface area (Å²) in [6.45, 7) is 12.5. The number of likely N-dealkylation sites (N-methyl/N-ethyl adjacent to an activating group) is 2. The maximum absolute atomic E-state index is 15.5. The largest absolute Gasteiger partial charge is 0.494 e. The number of amides is 2. The molecule has 14 heteroatoms. The van der Waals surface area contributed by atoms with E-state index in [1.807, 2.05) is 95.7 Å². The number of nitrogens with zero attached hydrogens (tertiary/aromatic N) is 7. The molecule has 2 unspecified atom stereocenters. The number of hydrogen-bond donors (Lipinski definition) is 1. The van der Waals surface area contributed by atoms with Gasteiger partial charge >= 0.3 is 5.97 Å². The molecular weight excluding hydrogens is 789 g/mol. The molecule has 0 radical (unpaired) electrons. The molecule has 0 spiro atoms. The number of carbonyl (C=O) groups excluding carboxylic acids is 2. The summed E-state index contributed by atoms with van der Waals surface area (Å²) in [6, 6.07) is 10.6. The highest BCUT2D eigenvalue weighted by Gasteiger charge is 2.38. The van der Waals surface area contributed by atoms with Gasteiger partial charge in [0, 0.05) is 78.2 Å². The van der Waals surface area contributed by atoms with Crippen LogP contribution < -0.4 is 14.5 Å². The summed E-state index contributed by atoms with van der Waals surface area (Å²) < 4.78 is 12.0. The molecule has 1 N–H and O–H groups in total. The first-order valence-electron chi connectivity index (χ1n) is 19.7. The third-order valence-corrected chi connectivity index (χ3v) is 12.9. The van der Waals surface area contributed by atoms with Crippen molar-refractivity contribution in [2.45, 2.75) is 66.5 Å². The summed E-state index contributed by atoms with van der Waals surface area (Å²) in [5.41, 5.74) is 9.30. The van der Waals surface area contributed by atoms with Gasteiger partial charge < -0.3 is 28.8 Å². The molecule has 1 aliphatic heterocycles. The molecule has 1 aliphatic rings. The Balaban J connectivity index is 1.42. The van der Waals surface area contributed by atoms with Gasteiger partial charge in [-0.2, -0.15) is 5.10 Å². The third kappa shape index (κ3) is 7.04. The van der Waals surface area contributed by atoms with Crippen LogP contribution in [0.3, 0.4) is 0 Å². The Labute approximate surface area is 354 Å². The van der Waals surface area contributed by atoms with Crippen LogP contribution in [0.2, 0.25) is 10.0 Å². The quantitative estimate of drug-likeness (QED) is 0.130. The summed E-state index contributed by atoms with van der Waals surface area (Å²) in [5, 5.41) is 17.7. The Hall–Kier alpha value is -5.30. The lowest BCUT2D eigenvalue weighted by Gasteiger charge is -2.35. The molecule has 4 heterocycles. The number of anilines is 2. The Morgan fingerprint density at radius 1 is 0.983 bits per heavy atom. The lowest BCUT2D eigenvalue weighted by atomic mass is 9.98. The zero-order valence-corrected chi connectivity index (χ0v) is 37.0. The maximum atomic E-state index is 15.5. The van der Waals surface area contributed by atoms with E-state index in [-0.39, 0.29) is 30.0 Å². The second-order valence-electron chi connectivity index (χ2n) is 16.1. The number of benzene rings is 3. The number of halogens is 2. The van der Waals surface area contributed by atoms with Gasteiger partial charge in [0.25, 0.3) is 5.91 Å². The second-order valence-corrected chi connectivity index (χ2v) is 16.9. The Bertz CT molecular complexity index is 2690. The number of fused-ring (bicyclic) bond motifs is 4. The summed E-state index contributed by atoms with van der Waals surface area (Å²) >= 11 is 13.6. The maximum Gasteiger partial charge on any atom is 0.337 e. The van der Waals surface area contributed by atoms with Gasteiger partial charge in [-0.05, 0) is 116 Å². The van der Waals surface area contributed by atoms with Gasteiger partial charge in [-0.25, -0.2) is 4.79 Å². The summed E-state index contributed by atoms with van der Waals surface area (Å²) in [6.07, 6.45) is 2.68. The van der Waals surface area contributed by atoms with Gasteiger partial charge in [-0.1, -0.05) is 29.3 Å². The van der Waals surface area contributed by atoms with Crippen LogP contribution in [0.25, 0.3) is 32.9 Å². The zero-order chi connectivity index (χ0) is 42.9. The monoisotopic (exact) mass is 839 g/mol. The number of carbonyl (C=O) groups is 3. The topological polar surface area (TPSA) is 118 Å². The van der Waals surface area contributed by atoms with Crippen LogP contribution in [-0.2, 0) is 25.3 Å². The summed E-state index contributed by atoms with van der Waals surface area (Å²) in [5.74, 6) is -0.790. The van der Waals surface area contributed by atoms with E-state index in [1.54, 1.807) is 35.8 Å². The highest BCUT2D eigenvalue weighted by molar-refractivity contribution is 6.35. The van der Waals surface area contributed by atoms with Crippen LogP contribution in [0.4, 0.5) is 11.4 Å². The van der Waals surface area contributed by atoms with Gasteiger partial charge in [-0.15, -0.1) is 0 Å². The van der Waals surface area contributed by atoms with Crippen LogP contribution in [0.5, 0.6) is 5.75 Å². The predicted molar refractivity (Wildman–Crippen MR) is 236 cm³/mol. The first-order valence-corrected chi connectivity index (χ1v) is 20.5. The lowest BCUT2D eigenvalue weighted by Crippen LogP contribution is -2.44. The van der Waals surface area contributed by atoms with E-state index in [1.165, 1.54) is 4.90 Å². The average molecular weight is 841 g/mol.